The average molecular weight is 324 g/mol. The minimum Gasteiger partial charge on any atom is -0.310 e. The number of fused-ring (bicyclic) bond motifs is 1. The van der Waals surface area contributed by atoms with Crippen LogP contribution in [-0.2, 0) is 19.5 Å². The maximum absolute atomic E-state index is 12.5. The van der Waals surface area contributed by atoms with Crippen LogP contribution in [0.4, 0.5) is 0 Å². The maximum atomic E-state index is 12.5. The predicted molar refractivity (Wildman–Crippen MR) is 92.7 cm³/mol. The summed E-state index contributed by atoms with van der Waals surface area (Å²) in [5, 5.41) is 0. The lowest BCUT2D eigenvalue weighted by Gasteiger charge is -2.29. The second kappa shape index (κ2) is 6.85. The van der Waals surface area contributed by atoms with Crippen LogP contribution in [0.25, 0.3) is 0 Å². The molecule has 126 valence electrons. The first-order chi connectivity index (χ1) is 11.8. The van der Waals surface area contributed by atoms with E-state index in [1.165, 1.54) is 24.8 Å². The lowest BCUT2D eigenvalue weighted by atomic mass is 9.88. The summed E-state index contributed by atoms with van der Waals surface area (Å²) in [4.78, 5) is 26.9. The highest BCUT2D eigenvalue weighted by atomic mass is 16.1. The van der Waals surface area contributed by atoms with Crippen molar-refractivity contribution in [3.8, 4) is 0 Å². The van der Waals surface area contributed by atoms with E-state index in [2.05, 4.69) is 14.9 Å². The Morgan fingerprint density at radius 3 is 2.75 bits per heavy atom. The van der Waals surface area contributed by atoms with Gasteiger partial charge in [0.15, 0.2) is 0 Å². The van der Waals surface area contributed by atoms with Gasteiger partial charge in [-0.05, 0) is 37.0 Å². The lowest BCUT2D eigenvalue weighted by molar-refractivity contribution is 0.239. The SMILES string of the molecule is O=c1[nH]c(C2CCCCC2)nc2c1CCN(Cc1ccncc1)C2. The summed E-state index contributed by atoms with van der Waals surface area (Å²) in [5.74, 6) is 1.36. The third kappa shape index (κ3) is 3.26. The van der Waals surface area contributed by atoms with E-state index in [0.29, 0.717) is 5.92 Å². The molecule has 4 rings (SSSR count). The Hall–Kier alpha value is -2.01. The van der Waals surface area contributed by atoms with Crippen molar-refractivity contribution in [2.75, 3.05) is 6.54 Å². The third-order valence-corrected chi connectivity index (χ3v) is 5.32. The number of pyridine rings is 1. The maximum Gasteiger partial charge on any atom is 0.254 e. The smallest absolute Gasteiger partial charge is 0.254 e. The van der Waals surface area contributed by atoms with Crippen LogP contribution < -0.4 is 5.56 Å². The molecule has 0 unspecified atom stereocenters. The van der Waals surface area contributed by atoms with Gasteiger partial charge in [-0.3, -0.25) is 14.7 Å². The van der Waals surface area contributed by atoms with Crippen LogP contribution in [0.1, 0.15) is 60.7 Å². The zero-order chi connectivity index (χ0) is 16.4. The molecule has 2 aromatic heterocycles. The highest BCUT2D eigenvalue weighted by Gasteiger charge is 2.24. The van der Waals surface area contributed by atoms with Gasteiger partial charge in [-0.15, -0.1) is 0 Å². The number of nitrogens with one attached hydrogen (secondary N) is 1. The fourth-order valence-electron chi connectivity index (χ4n) is 3.96. The van der Waals surface area contributed by atoms with Gasteiger partial charge in [0.1, 0.15) is 5.82 Å². The second-order valence-electron chi connectivity index (χ2n) is 7.03. The number of hydrogen-bond acceptors (Lipinski definition) is 4. The van der Waals surface area contributed by atoms with Gasteiger partial charge in [-0.1, -0.05) is 19.3 Å². The summed E-state index contributed by atoms with van der Waals surface area (Å²) in [6, 6.07) is 4.10. The van der Waals surface area contributed by atoms with Gasteiger partial charge < -0.3 is 4.98 Å². The second-order valence-corrected chi connectivity index (χ2v) is 7.03. The van der Waals surface area contributed by atoms with Crippen molar-refractivity contribution in [1.82, 2.24) is 19.9 Å². The summed E-state index contributed by atoms with van der Waals surface area (Å²) in [7, 11) is 0. The van der Waals surface area contributed by atoms with Gasteiger partial charge in [0.05, 0.1) is 5.69 Å². The highest BCUT2D eigenvalue weighted by molar-refractivity contribution is 5.22. The van der Waals surface area contributed by atoms with Crippen LogP contribution in [0, 0.1) is 0 Å². The van der Waals surface area contributed by atoms with Crippen LogP contribution in [-0.4, -0.2) is 26.4 Å². The van der Waals surface area contributed by atoms with E-state index in [1.54, 1.807) is 0 Å². The standard InChI is InChI=1S/C19H24N4O/c24-19-16-8-11-23(12-14-6-9-20-10-7-14)13-17(16)21-18(22-19)15-4-2-1-3-5-15/h6-7,9-10,15H,1-5,8,11-13H2,(H,21,22,24). The molecule has 0 bridgehead atoms. The molecule has 5 heteroatoms. The van der Waals surface area contributed by atoms with Crippen molar-refractivity contribution in [3.63, 3.8) is 0 Å². The van der Waals surface area contributed by atoms with Gasteiger partial charge in [-0.25, -0.2) is 4.98 Å². The largest absolute Gasteiger partial charge is 0.310 e. The first kappa shape index (κ1) is 15.5. The fraction of sp³-hybridized carbons (Fsp3) is 0.526. The van der Waals surface area contributed by atoms with Crippen LogP contribution in [0.2, 0.25) is 0 Å². The third-order valence-electron chi connectivity index (χ3n) is 5.32. The topological polar surface area (TPSA) is 61.9 Å². The Morgan fingerprint density at radius 1 is 1.17 bits per heavy atom. The van der Waals surface area contributed by atoms with Gasteiger partial charge in [0.25, 0.3) is 5.56 Å². The molecule has 5 nitrogen and oxygen atoms in total. The molecule has 3 heterocycles. The number of H-pyrrole nitrogens is 1. The van der Waals surface area contributed by atoms with Crippen LogP contribution in [0.15, 0.2) is 29.3 Å². The molecule has 0 atom stereocenters. The Labute approximate surface area is 142 Å². The van der Waals surface area contributed by atoms with Gasteiger partial charge in [0, 0.05) is 43.5 Å². The van der Waals surface area contributed by atoms with E-state index in [9.17, 15) is 4.79 Å². The number of aromatic nitrogens is 3. The first-order valence-corrected chi connectivity index (χ1v) is 9.03. The molecule has 24 heavy (non-hydrogen) atoms. The zero-order valence-electron chi connectivity index (χ0n) is 14.0. The average Bonchev–Trinajstić information content (AvgIpc) is 2.63. The first-order valence-electron chi connectivity index (χ1n) is 9.03. The molecule has 0 spiro atoms. The summed E-state index contributed by atoms with van der Waals surface area (Å²) in [6.45, 7) is 2.55. The molecule has 1 saturated carbocycles. The lowest BCUT2D eigenvalue weighted by Crippen LogP contribution is -2.35. The fourth-order valence-corrected chi connectivity index (χ4v) is 3.96. The van der Waals surface area contributed by atoms with Crippen molar-refractivity contribution in [3.05, 3.63) is 57.5 Å². The Morgan fingerprint density at radius 2 is 1.96 bits per heavy atom. The van der Waals surface area contributed by atoms with Crippen molar-refractivity contribution < 1.29 is 0 Å². The molecule has 0 saturated heterocycles. The van der Waals surface area contributed by atoms with E-state index in [1.807, 2.05) is 24.5 Å². The van der Waals surface area contributed by atoms with E-state index >= 15 is 0 Å². The number of hydrogen-bond donors (Lipinski definition) is 1. The normalized spacial score (nSPS) is 19.2. The van der Waals surface area contributed by atoms with Crippen LogP contribution in [0.5, 0.6) is 0 Å². The van der Waals surface area contributed by atoms with E-state index < -0.39 is 0 Å². The summed E-state index contributed by atoms with van der Waals surface area (Å²) >= 11 is 0. The minimum absolute atomic E-state index is 0.0872. The van der Waals surface area contributed by atoms with Crippen molar-refractivity contribution in [2.24, 2.45) is 0 Å². The van der Waals surface area contributed by atoms with Crippen LogP contribution >= 0.6 is 0 Å². The molecular weight excluding hydrogens is 300 g/mol. The molecule has 0 aromatic carbocycles. The van der Waals surface area contributed by atoms with Gasteiger partial charge in [-0.2, -0.15) is 0 Å². The van der Waals surface area contributed by atoms with Crippen molar-refractivity contribution in [1.29, 1.82) is 0 Å². The molecule has 0 amide bonds. The monoisotopic (exact) mass is 324 g/mol. The quantitative estimate of drug-likeness (QED) is 0.943. The summed E-state index contributed by atoms with van der Waals surface area (Å²) in [6.07, 6.45) is 10.6. The Bertz CT molecular complexity index is 750. The highest BCUT2D eigenvalue weighted by Crippen LogP contribution is 2.30. The molecule has 2 aromatic rings. The molecular formula is C19H24N4O. The molecule has 1 fully saturated rings. The van der Waals surface area contributed by atoms with Gasteiger partial charge in [0.2, 0.25) is 0 Å². The van der Waals surface area contributed by atoms with Gasteiger partial charge >= 0.3 is 0 Å². The molecule has 1 aliphatic heterocycles. The molecule has 0 radical (unpaired) electrons. The zero-order valence-corrected chi connectivity index (χ0v) is 14.0. The summed E-state index contributed by atoms with van der Waals surface area (Å²) < 4.78 is 0. The number of rotatable bonds is 3. The molecule has 1 aliphatic carbocycles. The number of aromatic amines is 1. The van der Waals surface area contributed by atoms with Crippen molar-refractivity contribution >= 4 is 0 Å². The minimum atomic E-state index is 0.0872. The van der Waals surface area contributed by atoms with Crippen molar-refractivity contribution in [2.45, 2.75) is 57.5 Å². The van der Waals surface area contributed by atoms with Crippen LogP contribution in [0.3, 0.4) is 0 Å². The summed E-state index contributed by atoms with van der Waals surface area (Å²) in [5.41, 5.74) is 3.22. The Balaban J connectivity index is 1.55. The van der Waals surface area contributed by atoms with E-state index in [4.69, 9.17) is 4.98 Å². The molecule has 2 aliphatic rings. The molecule has 1 N–H and O–H groups in total. The Kier molecular flexibility index (Phi) is 4.43. The number of nitrogens with zero attached hydrogens (tertiary/aromatic N) is 3. The van der Waals surface area contributed by atoms with E-state index in [-0.39, 0.29) is 5.56 Å². The van der Waals surface area contributed by atoms with E-state index in [0.717, 1.165) is 56.0 Å². The predicted octanol–water partition coefficient (Wildman–Crippen LogP) is 2.77.